The van der Waals surface area contributed by atoms with Gasteiger partial charge in [0.2, 0.25) is 0 Å². The summed E-state index contributed by atoms with van der Waals surface area (Å²) in [6.45, 7) is 4.26. The zero-order valence-corrected chi connectivity index (χ0v) is 10.1. The first-order valence-corrected chi connectivity index (χ1v) is 6.67. The first-order chi connectivity index (χ1) is 7.22. The van der Waals surface area contributed by atoms with Crippen LogP contribution in [0.4, 0.5) is 0 Å². The van der Waals surface area contributed by atoms with Crippen LogP contribution < -0.4 is 11.1 Å². The van der Waals surface area contributed by atoms with Crippen LogP contribution in [0.15, 0.2) is 0 Å². The van der Waals surface area contributed by atoms with E-state index in [1.807, 2.05) is 0 Å². The third-order valence-electron chi connectivity index (χ3n) is 4.22. The molecule has 0 bridgehead atoms. The van der Waals surface area contributed by atoms with Gasteiger partial charge in [0.15, 0.2) is 0 Å². The smallest absolute Gasteiger partial charge is 0.0278 e. The lowest BCUT2D eigenvalue weighted by Gasteiger charge is -2.32. The Morgan fingerprint density at radius 2 is 1.93 bits per heavy atom. The van der Waals surface area contributed by atoms with Crippen molar-refractivity contribution in [1.29, 1.82) is 0 Å². The van der Waals surface area contributed by atoms with Crippen molar-refractivity contribution < 1.29 is 0 Å². The summed E-state index contributed by atoms with van der Waals surface area (Å²) >= 11 is 0. The predicted molar refractivity (Wildman–Crippen MR) is 64.8 cm³/mol. The minimum atomic E-state index is 0.213. The molecule has 0 aromatic carbocycles. The molecule has 0 spiro atoms. The van der Waals surface area contributed by atoms with Gasteiger partial charge in [-0.15, -0.1) is 0 Å². The molecule has 2 aliphatic carbocycles. The van der Waals surface area contributed by atoms with Crippen molar-refractivity contribution in [2.45, 2.75) is 57.4 Å². The van der Waals surface area contributed by atoms with Crippen molar-refractivity contribution in [3.05, 3.63) is 0 Å². The summed E-state index contributed by atoms with van der Waals surface area (Å²) in [5.74, 6) is 1.98. The molecule has 0 radical (unpaired) electrons. The van der Waals surface area contributed by atoms with Gasteiger partial charge in [0.1, 0.15) is 0 Å². The number of nitrogens with two attached hydrogens (primary N) is 1. The molecule has 1 unspecified atom stereocenters. The average molecular weight is 210 g/mol. The van der Waals surface area contributed by atoms with E-state index in [1.54, 1.807) is 0 Å². The number of hydrogen-bond acceptors (Lipinski definition) is 2. The Labute approximate surface area is 94.0 Å². The molecule has 2 aliphatic rings. The summed E-state index contributed by atoms with van der Waals surface area (Å²) in [7, 11) is 0. The van der Waals surface area contributed by atoms with Crippen LogP contribution in [0.2, 0.25) is 0 Å². The fourth-order valence-corrected chi connectivity index (χ4v) is 2.55. The van der Waals surface area contributed by atoms with Gasteiger partial charge in [0, 0.05) is 12.1 Å². The van der Waals surface area contributed by atoms with Crippen LogP contribution >= 0.6 is 0 Å². The number of rotatable bonds is 7. The van der Waals surface area contributed by atoms with E-state index in [0.717, 1.165) is 18.4 Å². The van der Waals surface area contributed by atoms with E-state index in [0.29, 0.717) is 0 Å². The fraction of sp³-hybridized carbons (Fsp3) is 1.00. The molecule has 0 amide bonds. The second-order valence-electron chi connectivity index (χ2n) is 5.92. The van der Waals surface area contributed by atoms with E-state index in [9.17, 15) is 0 Å². The molecule has 1 atom stereocenters. The van der Waals surface area contributed by atoms with Gasteiger partial charge in [-0.1, -0.05) is 32.1 Å². The van der Waals surface area contributed by atoms with Gasteiger partial charge in [0.05, 0.1) is 0 Å². The molecular weight excluding hydrogens is 184 g/mol. The maximum absolute atomic E-state index is 5.88. The molecule has 0 aliphatic heterocycles. The van der Waals surface area contributed by atoms with E-state index in [1.165, 1.54) is 51.5 Å². The molecule has 2 nitrogen and oxygen atoms in total. The highest BCUT2D eigenvalue weighted by Crippen LogP contribution is 2.36. The minimum absolute atomic E-state index is 0.213. The molecule has 15 heavy (non-hydrogen) atoms. The highest BCUT2D eigenvalue weighted by atomic mass is 15.0. The van der Waals surface area contributed by atoms with Gasteiger partial charge in [-0.05, 0) is 38.1 Å². The van der Waals surface area contributed by atoms with E-state index in [2.05, 4.69) is 12.2 Å². The van der Waals surface area contributed by atoms with Crippen molar-refractivity contribution in [2.75, 3.05) is 13.1 Å². The Kier molecular flexibility index (Phi) is 3.68. The standard InChI is InChI=1S/C13H26N2/c1-13(10-14,9-12-5-6-12)15-8-7-11-3-2-4-11/h11-12,15H,2-10,14H2,1H3. The van der Waals surface area contributed by atoms with Crippen LogP contribution in [0.3, 0.4) is 0 Å². The first-order valence-electron chi connectivity index (χ1n) is 6.67. The van der Waals surface area contributed by atoms with E-state index in [-0.39, 0.29) is 5.54 Å². The van der Waals surface area contributed by atoms with Gasteiger partial charge < -0.3 is 11.1 Å². The Morgan fingerprint density at radius 1 is 1.20 bits per heavy atom. The number of nitrogens with one attached hydrogen (secondary N) is 1. The zero-order chi connectivity index (χ0) is 10.7. The SMILES string of the molecule is CC(CN)(CC1CC1)NCCC1CCC1. The van der Waals surface area contributed by atoms with Gasteiger partial charge in [-0.25, -0.2) is 0 Å². The molecule has 2 heteroatoms. The molecule has 2 fully saturated rings. The van der Waals surface area contributed by atoms with Crippen molar-refractivity contribution >= 4 is 0 Å². The predicted octanol–water partition coefficient (Wildman–Crippen LogP) is 2.28. The van der Waals surface area contributed by atoms with Crippen LogP contribution in [-0.4, -0.2) is 18.6 Å². The largest absolute Gasteiger partial charge is 0.329 e. The molecule has 88 valence electrons. The molecular formula is C13H26N2. The van der Waals surface area contributed by atoms with Gasteiger partial charge in [-0.3, -0.25) is 0 Å². The Hall–Kier alpha value is -0.0800. The second-order valence-corrected chi connectivity index (χ2v) is 5.92. The Morgan fingerprint density at radius 3 is 2.40 bits per heavy atom. The van der Waals surface area contributed by atoms with Crippen molar-refractivity contribution in [3.8, 4) is 0 Å². The van der Waals surface area contributed by atoms with Gasteiger partial charge in [0.25, 0.3) is 0 Å². The van der Waals surface area contributed by atoms with E-state index in [4.69, 9.17) is 5.73 Å². The quantitative estimate of drug-likeness (QED) is 0.676. The van der Waals surface area contributed by atoms with Crippen molar-refractivity contribution in [1.82, 2.24) is 5.32 Å². The molecule has 0 aromatic heterocycles. The van der Waals surface area contributed by atoms with Crippen LogP contribution in [0, 0.1) is 11.8 Å². The monoisotopic (exact) mass is 210 g/mol. The molecule has 2 rings (SSSR count). The van der Waals surface area contributed by atoms with Crippen molar-refractivity contribution in [2.24, 2.45) is 17.6 Å². The molecule has 0 aromatic rings. The van der Waals surface area contributed by atoms with Crippen LogP contribution in [-0.2, 0) is 0 Å². The maximum Gasteiger partial charge on any atom is 0.0278 e. The lowest BCUT2D eigenvalue weighted by atomic mass is 9.83. The lowest BCUT2D eigenvalue weighted by molar-refractivity contribution is 0.261. The Balaban J connectivity index is 1.63. The average Bonchev–Trinajstić information content (AvgIpc) is 2.93. The third-order valence-corrected chi connectivity index (χ3v) is 4.22. The topological polar surface area (TPSA) is 38.0 Å². The summed E-state index contributed by atoms with van der Waals surface area (Å²) in [5, 5.41) is 3.69. The highest BCUT2D eigenvalue weighted by Gasteiger charge is 2.32. The number of hydrogen-bond donors (Lipinski definition) is 2. The molecule has 0 saturated heterocycles. The maximum atomic E-state index is 5.88. The summed E-state index contributed by atoms with van der Waals surface area (Å²) in [5.41, 5.74) is 6.10. The second kappa shape index (κ2) is 4.84. The van der Waals surface area contributed by atoms with Gasteiger partial charge in [-0.2, -0.15) is 0 Å². The minimum Gasteiger partial charge on any atom is -0.329 e. The molecule has 0 heterocycles. The summed E-state index contributed by atoms with van der Waals surface area (Å²) in [6, 6.07) is 0. The van der Waals surface area contributed by atoms with Crippen LogP contribution in [0.1, 0.15) is 51.9 Å². The first kappa shape index (κ1) is 11.4. The summed E-state index contributed by atoms with van der Waals surface area (Å²) in [4.78, 5) is 0. The van der Waals surface area contributed by atoms with Crippen molar-refractivity contribution in [3.63, 3.8) is 0 Å². The zero-order valence-electron chi connectivity index (χ0n) is 10.1. The van der Waals surface area contributed by atoms with Gasteiger partial charge >= 0.3 is 0 Å². The van der Waals surface area contributed by atoms with E-state index >= 15 is 0 Å². The Bertz CT molecular complexity index is 197. The highest BCUT2D eigenvalue weighted by molar-refractivity contribution is 4.91. The van der Waals surface area contributed by atoms with Crippen LogP contribution in [0.25, 0.3) is 0 Å². The molecule has 3 N–H and O–H groups in total. The molecule has 2 saturated carbocycles. The lowest BCUT2D eigenvalue weighted by Crippen LogP contribution is -2.49. The summed E-state index contributed by atoms with van der Waals surface area (Å²) in [6.07, 6.45) is 9.89. The van der Waals surface area contributed by atoms with E-state index < -0.39 is 0 Å². The van der Waals surface area contributed by atoms with Crippen LogP contribution in [0.5, 0.6) is 0 Å². The fourth-order valence-electron chi connectivity index (χ4n) is 2.55. The summed E-state index contributed by atoms with van der Waals surface area (Å²) < 4.78 is 0. The third kappa shape index (κ3) is 3.46. The normalized spacial score (nSPS) is 26.0.